The highest BCUT2D eigenvalue weighted by atomic mass is 32.1. The van der Waals surface area contributed by atoms with Crippen LogP contribution in [0.5, 0.6) is 0 Å². The number of carbonyl (C=O) groups excluding carboxylic acids is 1. The Balaban J connectivity index is 1.74. The normalized spacial score (nSPS) is 18.1. The molecule has 2 nitrogen and oxygen atoms in total. The van der Waals surface area contributed by atoms with Crippen molar-refractivity contribution >= 4 is 37.9 Å². The molecule has 1 atom stereocenters. The lowest BCUT2D eigenvalue weighted by Gasteiger charge is -2.22. The number of rotatable bonds is 2. The maximum atomic E-state index is 12.8. The Kier molecular flexibility index (Phi) is 2.93. The van der Waals surface area contributed by atoms with Crippen LogP contribution in [0, 0.1) is 0 Å². The lowest BCUT2D eigenvalue weighted by atomic mass is 9.83. The van der Waals surface area contributed by atoms with Crippen molar-refractivity contribution < 1.29 is 4.79 Å². The molecule has 0 N–H and O–H groups in total. The predicted octanol–water partition coefficient (Wildman–Crippen LogP) is 4.66. The number of aryl methyl sites for hydroxylation is 1. The Morgan fingerprint density at radius 1 is 1.30 bits per heavy atom. The summed E-state index contributed by atoms with van der Waals surface area (Å²) in [6.07, 6.45) is 4.85. The van der Waals surface area contributed by atoms with Crippen LogP contribution in [-0.2, 0) is 6.42 Å². The molecule has 1 unspecified atom stereocenters. The van der Waals surface area contributed by atoms with E-state index in [2.05, 4.69) is 22.5 Å². The first-order valence-electron chi connectivity index (χ1n) is 6.78. The third-order valence-electron chi connectivity index (χ3n) is 3.89. The summed E-state index contributed by atoms with van der Waals surface area (Å²) in [6.45, 7) is 0. The summed E-state index contributed by atoms with van der Waals surface area (Å²) in [5.41, 5.74) is 2.25. The summed E-state index contributed by atoms with van der Waals surface area (Å²) >= 11 is 3.31. The SMILES string of the molecule is O=C(c1cc2sccc2s1)C1CCCc2cccnc21. The van der Waals surface area contributed by atoms with Crippen LogP contribution >= 0.6 is 22.7 Å². The number of aromatic nitrogens is 1. The van der Waals surface area contributed by atoms with E-state index in [-0.39, 0.29) is 11.7 Å². The highest BCUT2D eigenvalue weighted by molar-refractivity contribution is 7.27. The van der Waals surface area contributed by atoms with Gasteiger partial charge in [-0.2, -0.15) is 0 Å². The number of hydrogen-bond acceptors (Lipinski definition) is 4. The van der Waals surface area contributed by atoms with E-state index in [0.717, 1.165) is 29.8 Å². The summed E-state index contributed by atoms with van der Waals surface area (Å²) in [6, 6.07) is 8.21. The van der Waals surface area contributed by atoms with Gasteiger partial charge in [0, 0.05) is 15.6 Å². The fourth-order valence-corrected chi connectivity index (χ4v) is 5.03. The van der Waals surface area contributed by atoms with Gasteiger partial charge in [0.2, 0.25) is 0 Å². The molecule has 20 heavy (non-hydrogen) atoms. The van der Waals surface area contributed by atoms with Crippen molar-refractivity contribution in [1.29, 1.82) is 0 Å². The van der Waals surface area contributed by atoms with E-state index in [9.17, 15) is 4.79 Å². The first-order valence-corrected chi connectivity index (χ1v) is 8.47. The van der Waals surface area contributed by atoms with Gasteiger partial charge in [0.1, 0.15) is 0 Å². The second-order valence-electron chi connectivity index (χ2n) is 5.12. The van der Waals surface area contributed by atoms with Crippen LogP contribution in [-0.4, -0.2) is 10.8 Å². The monoisotopic (exact) mass is 299 g/mol. The van der Waals surface area contributed by atoms with E-state index in [1.54, 1.807) is 28.9 Å². The van der Waals surface area contributed by atoms with Gasteiger partial charge in [-0.05, 0) is 48.4 Å². The zero-order valence-electron chi connectivity index (χ0n) is 10.8. The van der Waals surface area contributed by atoms with Gasteiger partial charge in [0.15, 0.2) is 5.78 Å². The average molecular weight is 299 g/mol. The number of nitrogens with zero attached hydrogens (tertiary/aromatic N) is 1. The summed E-state index contributed by atoms with van der Waals surface area (Å²) in [4.78, 5) is 18.2. The summed E-state index contributed by atoms with van der Waals surface area (Å²) in [7, 11) is 0. The van der Waals surface area contributed by atoms with Gasteiger partial charge in [-0.1, -0.05) is 6.07 Å². The van der Waals surface area contributed by atoms with E-state index in [1.165, 1.54) is 15.0 Å². The number of pyridine rings is 1. The average Bonchev–Trinajstić information content (AvgIpc) is 3.07. The summed E-state index contributed by atoms with van der Waals surface area (Å²) in [5, 5.41) is 2.08. The third kappa shape index (κ3) is 1.91. The smallest absolute Gasteiger partial charge is 0.181 e. The standard InChI is InChI=1S/C16H13NOS2/c18-16(14-9-13-12(20-14)6-8-19-13)11-5-1-3-10-4-2-7-17-15(10)11/h2,4,6-9,11H,1,3,5H2. The number of thiophene rings is 2. The molecule has 0 saturated heterocycles. The van der Waals surface area contributed by atoms with Crippen LogP contribution in [0.3, 0.4) is 0 Å². The van der Waals surface area contributed by atoms with Gasteiger partial charge < -0.3 is 0 Å². The predicted molar refractivity (Wildman–Crippen MR) is 83.9 cm³/mol. The molecule has 4 heteroatoms. The molecule has 0 saturated carbocycles. The Bertz CT molecular complexity index is 758. The highest BCUT2D eigenvalue weighted by Crippen LogP contribution is 2.37. The zero-order valence-corrected chi connectivity index (χ0v) is 12.5. The van der Waals surface area contributed by atoms with Crippen molar-refractivity contribution in [2.75, 3.05) is 0 Å². The summed E-state index contributed by atoms with van der Waals surface area (Å²) < 4.78 is 2.44. The molecule has 3 aromatic heterocycles. The summed E-state index contributed by atoms with van der Waals surface area (Å²) in [5.74, 6) is 0.200. The highest BCUT2D eigenvalue weighted by Gasteiger charge is 2.29. The van der Waals surface area contributed by atoms with E-state index >= 15 is 0 Å². The minimum absolute atomic E-state index is 0.0484. The number of hydrogen-bond donors (Lipinski definition) is 0. The quantitative estimate of drug-likeness (QED) is 0.644. The Hall–Kier alpha value is -1.52. The van der Waals surface area contributed by atoms with E-state index < -0.39 is 0 Å². The molecule has 0 radical (unpaired) electrons. The van der Waals surface area contributed by atoms with Crippen LogP contribution in [0.1, 0.15) is 39.7 Å². The fourth-order valence-electron chi connectivity index (χ4n) is 2.92. The first kappa shape index (κ1) is 12.2. The maximum absolute atomic E-state index is 12.8. The fraction of sp³-hybridized carbons (Fsp3) is 0.250. The Morgan fingerprint density at radius 3 is 3.15 bits per heavy atom. The first-order chi connectivity index (χ1) is 9.83. The number of ketones is 1. The van der Waals surface area contributed by atoms with Gasteiger partial charge in [-0.3, -0.25) is 9.78 Å². The molecule has 100 valence electrons. The molecule has 0 aromatic carbocycles. The van der Waals surface area contributed by atoms with E-state index in [1.807, 2.05) is 12.1 Å². The molecule has 0 aliphatic heterocycles. The molecule has 3 aromatic rings. The Labute approximate surface area is 125 Å². The lowest BCUT2D eigenvalue weighted by Crippen LogP contribution is -2.19. The van der Waals surface area contributed by atoms with Gasteiger partial charge in [0.25, 0.3) is 0 Å². The van der Waals surface area contributed by atoms with Crippen LogP contribution in [0.2, 0.25) is 0 Å². The second kappa shape index (κ2) is 4.79. The van der Waals surface area contributed by atoms with Crippen molar-refractivity contribution in [2.45, 2.75) is 25.2 Å². The molecular weight excluding hydrogens is 286 g/mol. The van der Waals surface area contributed by atoms with Crippen LogP contribution < -0.4 is 0 Å². The molecule has 1 aliphatic rings. The molecule has 1 aliphatic carbocycles. The van der Waals surface area contributed by atoms with Gasteiger partial charge in [-0.15, -0.1) is 22.7 Å². The minimum atomic E-state index is -0.0484. The molecule has 0 amide bonds. The molecular formula is C16H13NOS2. The van der Waals surface area contributed by atoms with Crippen LogP contribution in [0.4, 0.5) is 0 Å². The molecule has 0 bridgehead atoms. The second-order valence-corrected chi connectivity index (χ2v) is 7.15. The number of Topliss-reactive ketones (excluding diaryl/α,β-unsaturated/α-hetero) is 1. The number of fused-ring (bicyclic) bond motifs is 2. The van der Waals surface area contributed by atoms with Crippen molar-refractivity contribution in [3.8, 4) is 0 Å². The van der Waals surface area contributed by atoms with E-state index in [0.29, 0.717) is 0 Å². The van der Waals surface area contributed by atoms with Crippen molar-refractivity contribution in [2.24, 2.45) is 0 Å². The van der Waals surface area contributed by atoms with Crippen LogP contribution in [0.15, 0.2) is 35.8 Å². The molecule has 3 heterocycles. The van der Waals surface area contributed by atoms with E-state index in [4.69, 9.17) is 0 Å². The van der Waals surface area contributed by atoms with Crippen LogP contribution in [0.25, 0.3) is 9.40 Å². The van der Waals surface area contributed by atoms with Crippen molar-refractivity contribution in [3.63, 3.8) is 0 Å². The minimum Gasteiger partial charge on any atom is -0.293 e. The van der Waals surface area contributed by atoms with Gasteiger partial charge in [-0.25, -0.2) is 0 Å². The molecule has 0 spiro atoms. The topological polar surface area (TPSA) is 30.0 Å². The largest absolute Gasteiger partial charge is 0.293 e. The lowest BCUT2D eigenvalue weighted by molar-refractivity contribution is 0.0953. The molecule has 4 rings (SSSR count). The van der Waals surface area contributed by atoms with Crippen molar-refractivity contribution in [3.05, 3.63) is 52.0 Å². The van der Waals surface area contributed by atoms with Crippen molar-refractivity contribution in [1.82, 2.24) is 4.98 Å². The number of carbonyl (C=O) groups is 1. The molecule has 0 fully saturated rings. The zero-order chi connectivity index (χ0) is 13.5. The Morgan fingerprint density at radius 2 is 2.25 bits per heavy atom. The van der Waals surface area contributed by atoms with Gasteiger partial charge in [0.05, 0.1) is 16.5 Å². The third-order valence-corrected chi connectivity index (χ3v) is 6.00. The maximum Gasteiger partial charge on any atom is 0.181 e. The van der Waals surface area contributed by atoms with Gasteiger partial charge >= 0.3 is 0 Å².